The monoisotopic (exact) mass is 426 g/mol. The molecule has 5 nitrogen and oxygen atoms in total. The minimum absolute atomic E-state index is 0.00443. The number of hydrogen-bond acceptors (Lipinski definition) is 3. The summed E-state index contributed by atoms with van der Waals surface area (Å²) in [6, 6.07) is 6.49. The van der Waals surface area contributed by atoms with E-state index in [0.717, 1.165) is 18.4 Å². The number of aromatic nitrogens is 2. The maximum absolute atomic E-state index is 13.3. The summed E-state index contributed by atoms with van der Waals surface area (Å²) in [5.41, 5.74) is 1.01. The summed E-state index contributed by atoms with van der Waals surface area (Å²) in [4.78, 5) is 16.6. The zero-order valence-electron chi connectivity index (χ0n) is 15.8. The highest BCUT2D eigenvalue weighted by Crippen LogP contribution is 2.45. The van der Waals surface area contributed by atoms with Gasteiger partial charge in [0.15, 0.2) is 0 Å². The molecule has 1 aliphatic carbocycles. The third-order valence-corrected chi connectivity index (χ3v) is 5.82. The first-order valence-electron chi connectivity index (χ1n) is 9.71. The molecule has 1 saturated carbocycles. The van der Waals surface area contributed by atoms with E-state index in [1.807, 2.05) is 6.07 Å². The quantitative estimate of drug-likeness (QED) is 0.705. The van der Waals surface area contributed by atoms with Crippen molar-refractivity contribution in [2.24, 2.45) is 0 Å². The Kier molecular flexibility index (Phi) is 5.83. The van der Waals surface area contributed by atoms with Crippen LogP contribution in [0.4, 0.5) is 13.2 Å². The molecule has 0 bridgehead atoms. The maximum atomic E-state index is 13.3. The third-order valence-electron chi connectivity index (χ3n) is 5.43. The molecule has 1 saturated heterocycles. The van der Waals surface area contributed by atoms with E-state index in [1.165, 1.54) is 16.8 Å². The summed E-state index contributed by atoms with van der Waals surface area (Å²) in [6.07, 6.45) is -1.01. The van der Waals surface area contributed by atoms with Gasteiger partial charge in [-0.05, 0) is 30.5 Å². The van der Waals surface area contributed by atoms with E-state index in [-0.39, 0.29) is 29.2 Å². The average Bonchev–Trinajstić information content (AvgIpc) is 3.46. The average molecular weight is 427 g/mol. The van der Waals surface area contributed by atoms with Crippen molar-refractivity contribution in [3.05, 3.63) is 52.1 Å². The molecular formula is C20H22ClF3N4O. The Morgan fingerprint density at radius 3 is 2.55 bits per heavy atom. The largest absolute Gasteiger partial charge is 0.339 e. The molecule has 2 heterocycles. The second-order valence-electron chi connectivity index (χ2n) is 7.60. The summed E-state index contributed by atoms with van der Waals surface area (Å²) in [5, 5.41) is 3.92. The molecule has 156 valence electrons. The number of rotatable bonds is 6. The first kappa shape index (κ1) is 20.2. The molecule has 29 heavy (non-hydrogen) atoms. The first-order valence-corrected chi connectivity index (χ1v) is 10.1. The van der Waals surface area contributed by atoms with Gasteiger partial charge in [0.25, 0.3) is 6.43 Å². The molecule has 0 unspecified atom stereocenters. The number of carbonyl (C=O) groups excluding carboxylic acids is 1. The fourth-order valence-electron chi connectivity index (χ4n) is 3.76. The SMILES string of the molecule is O=C(Cn1nc(C(F)F)c(Cl)c1C1CC1)N1CCN(Cc2cccc(F)c2)CC1. The molecule has 2 fully saturated rings. The zero-order valence-corrected chi connectivity index (χ0v) is 16.6. The standard InChI is InChI=1S/C20H22ClF3N4O/c21-17-18(20(23)24)25-28(19(17)14-4-5-14)12-16(29)27-8-6-26(7-9-27)11-13-2-1-3-15(22)10-13/h1-3,10,14,20H,4-9,11-12H2. The van der Waals surface area contributed by atoms with E-state index in [9.17, 15) is 18.0 Å². The molecule has 0 N–H and O–H groups in total. The van der Waals surface area contributed by atoms with Crippen LogP contribution in [0, 0.1) is 5.82 Å². The molecule has 0 radical (unpaired) electrons. The molecule has 0 atom stereocenters. The summed E-state index contributed by atoms with van der Waals surface area (Å²) in [6.45, 7) is 2.94. The predicted molar refractivity (Wildman–Crippen MR) is 102 cm³/mol. The smallest absolute Gasteiger partial charge is 0.283 e. The van der Waals surface area contributed by atoms with Crippen molar-refractivity contribution in [1.29, 1.82) is 0 Å². The van der Waals surface area contributed by atoms with E-state index in [4.69, 9.17) is 11.6 Å². The van der Waals surface area contributed by atoms with E-state index in [1.54, 1.807) is 11.0 Å². The van der Waals surface area contributed by atoms with Gasteiger partial charge in [0.2, 0.25) is 5.91 Å². The lowest BCUT2D eigenvalue weighted by atomic mass is 10.2. The Hall–Kier alpha value is -2.06. The lowest BCUT2D eigenvalue weighted by molar-refractivity contribution is -0.133. The Morgan fingerprint density at radius 1 is 1.21 bits per heavy atom. The molecule has 2 aliphatic rings. The van der Waals surface area contributed by atoms with Gasteiger partial charge in [-0.3, -0.25) is 14.4 Å². The molecule has 1 aromatic heterocycles. The van der Waals surface area contributed by atoms with Gasteiger partial charge in [0.05, 0.1) is 10.7 Å². The van der Waals surface area contributed by atoms with E-state index < -0.39 is 12.1 Å². The highest BCUT2D eigenvalue weighted by molar-refractivity contribution is 6.32. The van der Waals surface area contributed by atoms with Crippen molar-refractivity contribution < 1.29 is 18.0 Å². The number of alkyl halides is 2. The van der Waals surface area contributed by atoms with Gasteiger partial charge < -0.3 is 4.90 Å². The summed E-state index contributed by atoms with van der Waals surface area (Å²) < 4.78 is 41.0. The van der Waals surface area contributed by atoms with E-state index >= 15 is 0 Å². The molecular weight excluding hydrogens is 405 g/mol. The Labute approximate surface area is 172 Å². The van der Waals surface area contributed by atoms with Gasteiger partial charge in [0, 0.05) is 38.6 Å². The van der Waals surface area contributed by atoms with E-state index in [2.05, 4.69) is 10.00 Å². The number of nitrogens with zero attached hydrogens (tertiary/aromatic N) is 4. The van der Waals surface area contributed by atoms with E-state index in [0.29, 0.717) is 38.4 Å². The molecule has 1 aromatic carbocycles. The van der Waals surface area contributed by atoms with Gasteiger partial charge in [-0.1, -0.05) is 23.7 Å². The van der Waals surface area contributed by atoms with Gasteiger partial charge in [-0.15, -0.1) is 0 Å². The maximum Gasteiger partial charge on any atom is 0.283 e. The van der Waals surface area contributed by atoms with Crippen LogP contribution in [0.15, 0.2) is 24.3 Å². The molecule has 0 spiro atoms. The number of halogens is 4. The van der Waals surface area contributed by atoms with Crippen LogP contribution in [0.3, 0.4) is 0 Å². The van der Waals surface area contributed by atoms with Crippen molar-refractivity contribution >= 4 is 17.5 Å². The van der Waals surface area contributed by atoms with Crippen LogP contribution in [0.1, 0.15) is 42.1 Å². The highest BCUT2D eigenvalue weighted by Gasteiger charge is 2.35. The number of hydrogen-bond donors (Lipinski definition) is 0. The van der Waals surface area contributed by atoms with Crippen LogP contribution in [-0.2, 0) is 17.9 Å². The lowest BCUT2D eigenvalue weighted by Crippen LogP contribution is -2.49. The van der Waals surface area contributed by atoms with Crippen molar-refractivity contribution in [3.8, 4) is 0 Å². The van der Waals surface area contributed by atoms with Crippen molar-refractivity contribution in [3.63, 3.8) is 0 Å². The lowest BCUT2D eigenvalue weighted by Gasteiger charge is -2.34. The molecule has 4 rings (SSSR count). The van der Waals surface area contributed by atoms with Gasteiger partial charge in [0.1, 0.15) is 18.1 Å². The van der Waals surface area contributed by atoms with Crippen LogP contribution in [0.2, 0.25) is 5.02 Å². The predicted octanol–water partition coefficient (Wildman–Crippen LogP) is 3.84. The number of amides is 1. The Morgan fingerprint density at radius 2 is 1.93 bits per heavy atom. The summed E-state index contributed by atoms with van der Waals surface area (Å²) in [5.74, 6) is -0.306. The second kappa shape index (κ2) is 8.36. The first-order chi connectivity index (χ1) is 13.9. The zero-order chi connectivity index (χ0) is 20.5. The van der Waals surface area contributed by atoms with Crippen molar-refractivity contribution in [2.75, 3.05) is 26.2 Å². The van der Waals surface area contributed by atoms with Gasteiger partial charge >= 0.3 is 0 Å². The fraction of sp³-hybridized carbons (Fsp3) is 0.500. The highest BCUT2D eigenvalue weighted by atomic mass is 35.5. The minimum atomic E-state index is -2.76. The topological polar surface area (TPSA) is 41.4 Å². The molecule has 1 amide bonds. The summed E-state index contributed by atoms with van der Waals surface area (Å²) >= 11 is 6.11. The number of benzene rings is 1. The van der Waals surface area contributed by atoms with Crippen LogP contribution in [0.5, 0.6) is 0 Å². The van der Waals surface area contributed by atoms with Crippen LogP contribution in [-0.4, -0.2) is 51.7 Å². The second-order valence-corrected chi connectivity index (χ2v) is 7.98. The Bertz CT molecular complexity index is 892. The van der Waals surface area contributed by atoms with Gasteiger partial charge in [-0.25, -0.2) is 13.2 Å². The van der Waals surface area contributed by atoms with Crippen LogP contribution < -0.4 is 0 Å². The minimum Gasteiger partial charge on any atom is -0.339 e. The van der Waals surface area contributed by atoms with Crippen molar-refractivity contribution in [2.45, 2.75) is 38.3 Å². The normalized spacial score (nSPS) is 17.9. The van der Waals surface area contributed by atoms with Gasteiger partial charge in [-0.2, -0.15) is 5.10 Å². The molecule has 1 aliphatic heterocycles. The summed E-state index contributed by atoms with van der Waals surface area (Å²) in [7, 11) is 0. The molecule has 9 heteroatoms. The number of carbonyl (C=O) groups is 1. The van der Waals surface area contributed by atoms with Crippen LogP contribution >= 0.6 is 11.6 Å². The third kappa shape index (κ3) is 4.59. The van der Waals surface area contributed by atoms with Crippen molar-refractivity contribution in [1.82, 2.24) is 19.6 Å². The fourth-order valence-corrected chi connectivity index (χ4v) is 4.13. The van der Waals surface area contributed by atoms with Crippen LogP contribution in [0.25, 0.3) is 0 Å². The Balaban J connectivity index is 1.36. The molecule has 2 aromatic rings. The number of piperazine rings is 1.